The SMILES string of the molecule is COC(Cc1ccccc1)(C(=O)O)C(C)(O)C(=O)O. The molecular formula is C13H16O6. The number of ether oxygens (including phenoxy) is 1. The molecule has 0 aliphatic heterocycles. The van der Waals surface area contributed by atoms with E-state index in [0.29, 0.717) is 5.56 Å². The Labute approximate surface area is 110 Å². The first-order valence-electron chi connectivity index (χ1n) is 5.56. The topological polar surface area (TPSA) is 104 Å². The Morgan fingerprint density at radius 2 is 1.68 bits per heavy atom. The van der Waals surface area contributed by atoms with Crippen molar-refractivity contribution in [2.24, 2.45) is 0 Å². The van der Waals surface area contributed by atoms with Crippen molar-refractivity contribution in [2.75, 3.05) is 7.11 Å². The highest BCUT2D eigenvalue weighted by Gasteiger charge is 2.59. The van der Waals surface area contributed by atoms with Gasteiger partial charge >= 0.3 is 11.9 Å². The third-order valence-electron chi connectivity index (χ3n) is 3.19. The Hall–Kier alpha value is -1.92. The van der Waals surface area contributed by atoms with E-state index in [-0.39, 0.29) is 6.42 Å². The van der Waals surface area contributed by atoms with Gasteiger partial charge in [-0.3, -0.25) is 0 Å². The van der Waals surface area contributed by atoms with Crippen LogP contribution in [0.1, 0.15) is 12.5 Å². The van der Waals surface area contributed by atoms with Gasteiger partial charge in [-0.1, -0.05) is 30.3 Å². The molecule has 0 aliphatic rings. The van der Waals surface area contributed by atoms with Gasteiger partial charge in [0.25, 0.3) is 0 Å². The highest BCUT2D eigenvalue weighted by atomic mass is 16.5. The van der Waals surface area contributed by atoms with Crippen molar-refractivity contribution in [3.63, 3.8) is 0 Å². The Morgan fingerprint density at radius 1 is 1.16 bits per heavy atom. The number of methoxy groups -OCH3 is 1. The van der Waals surface area contributed by atoms with Crippen LogP contribution in [0.25, 0.3) is 0 Å². The predicted octanol–water partition coefficient (Wildman–Crippen LogP) is 0.535. The zero-order chi connectivity index (χ0) is 14.7. The van der Waals surface area contributed by atoms with E-state index in [4.69, 9.17) is 9.84 Å². The molecule has 2 atom stereocenters. The summed E-state index contributed by atoms with van der Waals surface area (Å²) in [4.78, 5) is 22.6. The first kappa shape index (κ1) is 15.1. The number of rotatable bonds is 6. The highest BCUT2D eigenvalue weighted by Crippen LogP contribution is 2.31. The summed E-state index contributed by atoms with van der Waals surface area (Å²) < 4.78 is 4.90. The van der Waals surface area contributed by atoms with Crippen LogP contribution in [0.4, 0.5) is 0 Å². The van der Waals surface area contributed by atoms with Gasteiger partial charge in [0.15, 0.2) is 5.60 Å². The predicted molar refractivity (Wildman–Crippen MR) is 65.8 cm³/mol. The van der Waals surface area contributed by atoms with Crippen LogP contribution in [0.15, 0.2) is 30.3 Å². The minimum Gasteiger partial charge on any atom is -0.479 e. The molecule has 0 aromatic heterocycles. The molecule has 0 heterocycles. The van der Waals surface area contributed by atoms with E-state index in [1.165, 1.54) is 0 Å². The summed E-state index contributed by atoms with van der Waals surface area (Å²) in [6.45, 7) is 0.913. The summed E-state index contributed by atoms with van der Waals surface area (Å²) in [5.41, 5.74) is -4.28. The molecule has 6 nitrogen and oxygen atoms in total. The van der Waals surface area contributed by atoms with E-state index < -0.39 is 23.1 Å². The van der Waals surface area contributed by atoms with Crippen molar-refractivity contribution in [3.05, 3.63) is 35.9 Å². The summed E-state index contributed by atoms with van der Waals surface area (Å²) in [5, 5.41) is 28.4. The van der Waals surface area contributed by atoms with Gasteiger partial charge in [-0.2, -0.15) is 0 Å². The molecule has 1 rings (SSSR count). The van der Waals surface area contributed by atoms with Gasteiger partial charge in [-0.15, -0.1) is 0 Å². The van der Waals surface area contributed by atoms with Crippen LogP contribution < -0.4 is 0 Å². The van der Waals surface area contributed by atoms with Gasteiger partial charge in [-0.25, -0.2) is 9.59 Å². The Bertz CT molecular complexity index is 467. The monoisotopic (exact) mass is 268 g/mol. The van der Waals surface area contributed by atoms with Crippen LogP contribution in [0, 0.1) is 0 Å². The number of carbonyl (C=O) groups is 2. The van der Waals surface area contributed by atoms with Gasteiger partial charge in [0, 0.05) is 13.5 Å². The number of hydrogen-bond acceptors (Lipinski definition) is 4. The Balaban J connectivity index is 3.29. The molecule has 1 aromatic rings. The number of aliphatic hydroxyl groups is 1. The Kier molecular flexibility index (Phi) is 4.28. The van der Waals surface area contributed by atoms with E-state index >= 15 is 0 Å². The smallest absolute Gasteiger partial charge is 0.340 e. The van der Waals surface area contributed by atoms with Crippen LogP contribution >= 0.6 is 0 Å². The van der Waals surface area contributed by atoms with E-state index in [1.54, 1.807) is 30.3 Å². The summed E-state index contributed by atoms with van der Waals surface area (Å²) in [5.74, 6) is -3.20. The first-order valence-corrected chi connectivity index (χ1v) is 5.56. The molecule has 3 N–H and O–H groups in total. The second-order valence-corrected chi connectivity index (χ2v) is 4.38. The quantitative estimate of drug-likeness (QED) is 0.695. The summed E-state index contributed by atoms with van der Waals surface area (Å²) in [6.07, 6.45) is -0.265. The van der Waals surface area contributed by atoms with E-state index in [1.807, 2.05) is 0 Å². The molecule has 0 aliphatic carbocycles. The molecule has 0 fully saturated rings. The standard InChI is InChI=1S/C13H16O6/c1-12(18,10(14)15)13(19-2,11(16)17)8-9-6-4-3-5-7-9/h3-7,18H,8H2,1-2H3,(H,14,15)(H,16,17). The third kappa shape index (κ3) is 2.59. The van der Waals surface area contributed by atoms with Gasteiger partial charge in [0.05, 0.1) is 0 Å². The van der Waals surface area contributed by atoms with Crippen molar-refractivity contribution in [1.82, 2.24) is 0 Å². The summed E-state index contributed by atoms with van der Waals surface area (Å²) in [6, 6.07) is 8.39. The van der Waals surface area contributed by atoms with Gasteiger partial charge < -0.3 is 20.1 Å². The Morgan fingerprint density at radius 3 is 2.05 bits per heavy atom. The van der Waals surface area contributed by atoms with Crippen LogP contribution in [0.3, 0.4) is 0 Å². The largest absolute Gasteiger partial charge is 0.479 e. The molecule has 19 heavy (non-hydrogen) atoms. The molecule has 1 aromatic carbocycles. The molecule has 0 spiro atoms. The number of carboxylic acids is 2. The lowest BCUT2D eigenvalue weighted by molar-refractivity contribution is -0.209. The zero-order valence-electron chi connectivity index (χ0n) is 10.7. The normalized spacial score (nSPS) is 17.2. The molecule has 0 bridgehead atoms. The molecule has 0 radical (unpaired) electrons. The van der Waals surface area contributed by atoms with Crippen molar-refractivity contribution >= 4 is 11.9 Å². The second kappa shape index (κ2) is 5.38. The van der Waals surface area contributed by atoms with Crippen LogP contribution in [-0.4, -0.2) is 45.6 Å². The summed E-state index contributed by atoms with van der Waals surface area (Å²) in [7, 11) is 1.06. The molecule has 6 heteroatoms. The van der Waals surface area contributed by atoms with Crippen LogP contribution in [-0.2, 0) is 20.7 Å². The van der Waals surface area contributed by atoms with Crippen molar-refractivity contribution < 1.29 is 29.6 Å². The fourth-order valence-corrected chi connectivity index (χ4v) is 1.87. The second-order valence-electron chi connectivity index (χ2n) is 4.38. The number of aliphatic carboxylic acids is 2. The first-order chi connectivity index (χ1) is 8.78. The molecular weight excluding hydrogens is 252 g/mol. The maximum atomic E-state index is 11.5. The van der Waals surface area contributed by atoms with Crippen LogP contribution in [0.5, 0.6) is 0 Å². The minimum atomic E-state index is -2.57. The average Bonchev–Trinajstić information content (AvgIpc) is 2.36. The number of carboxylic acid groups (broad SMARTS) is 2. The number of benzene rings is 1. The fraction of sp³-hybridized carbons (Fsp3) is 0.385. The van der Waals surface area contributed by atoms with Crippen molar-refractivity contribution in [3.8, 4) is 0 Å². The lowest BCUT2D eigenvalue weighted by Crippen LogP contribution is -2.64. The van der Waals surface area contributed by atoms with Gasteiger partial charge in [-0.05, 0) is 12.5 Å². The summed E-state index contributed by atoms with van der Waals surface area (Å²) >= 11 is 0. The maximum absolute atomic E-state index is 11.5. The van der Waals surface area contributed by atoms with E-state index in [9.17, 15) is 19.8 Å². The lowest BCUT2D eigenvalue weighted by atomic mass is 9.79. The van der Waals surface area contributed by atoms with E-state index in [0.717, 1.165) is 14.0 Å². The van der Waals surface area contributed by atoms with Gasteiger partial charge in [0.2, 0.25) is 5.60 Å². The molecule has 0 saturated carbocycles. The lowest BCUT2D eigenvalue weighted by Gasteiger charge is -2.37. The maximum Gasteiger partial charge on any atom is 0.340 e. The average molecular weight is 268 g/mol. The molecule has 0 saturated heterocycles. The molecule has 104 valence electrons. The van der Waals surface area contributed by atoms with Crippen molar-refractivity contribution in [1.29, 1.82) is 0 Å². The minimum absolute atomic E-state index is 0.265. The number of hydrogen-bond donors (Lipinski definition) is 3. The van der Waals surface area contributed by atoms with Crippen LogP contribution in [0.2, 0.25) is 0 Å². The molecule has 0 amide bonds. The van der Waals surface area contributed by atoms with Crippen molar-refractivity contribution in [2.45, 2.75) is 24.5 Å². The van der Waals surface area contributed by atoms with Gasteiger partial charge in [0.1, 0.15) is 0 Å². The molecule has 2 unspecified atom stereocenters. The zero-order valence-corrected chi connectivity index (χ0v) is 10.7. The fourth-order valence-electron chi connectivity index (χ4n) is 1.87. The highest BCUT2D eigenvalue weighted by molar-refractivity contribution is 5.90. The third-order valence-corrected chi connectivity index (χ3v) is 3.19. The van der Waals surface area contributed by atoms with E-state index in [2.05, 4.69) is 0 Å².